The summed E-state index contributed by atoms with van der Waals surface area (Å²) in [5.41, 5.74) is 0.716. The van der Waals surface area contributed by atoms with Gasteiger partial charge in [0.15, 0.2) is 0 Å². The molecule has 1 unspecified atom stereocenters. The standard InChI is InChI=1S/C11H11Cl2NO3/c1-6(11(16)17)10(15)14-5-7-2-8(12)4-9(13)3-7/h2-4,6H,5H2,1H3,(H,14,15)(H,16,17). The van der Waals surface area contributed by atoms with E-state index in [2.05, 4.69) is 5.32 Å². The molecule has 0 aliphatic heterocycles. The average molecular weight is 276 g/mol. The maximum Gasteiger partial charge on any atom is 0.315 e. The van der Waals surface area contributed by atoms with E-state index in [1.807, 2.05) is 0 Å². The van der Waals surface area contributed by atoms with E-state index in [-0.39, 0.29) is 6.54 Å². The van der Waals surface area contributed by atoms with E-state index in [1.165, 1.54) is 6.92 Å². The summed E-state index contributed by atoms with van der Waals surface area (Å²) >= 11 is 11.6. The highest BCUT2D eigenvalue weighted by molar-refractivity contribution is 6.34. The van der Waals surface area contributed by atoms with Gasteiger partial charge < -0.3 is 10.4 Å². The van der Waals surface area contributed by atoms with Gasteiger partial charge in [-0.25, -0.2) is 0 Å². The topological polar surface area (TPSA) is 66.4 Å². The van der Waals surface area contributed by atoms with E-state index < -0.39 is 17.8 Å². The van der Waals surface area contributed by atoms with Crippen molar-refractivity contribution >= 4 is 35.1 Å². The third kappa shape index (κ3) is 4.24. The number of aliphatic carboxylic acids is 1. The maximum atomic E-state index is 11.4. The Morgan fingerprint density at radius 2 is 1.82 bits per heavy atom. The normalized spacial score (nSPS) is 11.9. The first-order chi connectivity index (χ1) is 7.90. The van der Waals surface area contributed by atoms with Gasteiger partial charge in [-0.05, 0) is 30.7 Å². The van der Waals surface area contributed by atoms with Crippen LogP contribution >= 0.6 is 23.2 Å². The number of carboxylic acid groups (broad SMARTS) is 1. The molecule has 0 heterocycles. The molecule has 0 radical (unpaired) electrons. The van der Waals surface area contributed by atoms with Crippen LogP contribution in [0.5, 0.6) is 0 Å². The summed E-state index contributed by atoms with van der Waals surface area (Å²) in [6.07, 6.45) is 0. The van der Waals surface area contributed by atoms with Gasteiger partial charge in [0.1, 0.15) is 5.92 Å². The minimum atomic E-state index is -1.16. The highest BCUT2D eigenvalue weighted by Gasteiger charge is 2.19. The van der Waals surface area contributed by atoms with Gasteiger partial charge in [-0.3, -0.25) is 9.59 Å². The van der Waals surface area contributed by atoms with E-state index in [1.54, 1.807) is 18.2 Å². The molecule has 4 nitrogen and oxygen atoms in total. The number of hydrogen-bond donors (Lipinski definition) is 2. The molecule has 0 saturated heterocycles. The molecule has 1 amide bonds. The minimum absolute atomic E-state index is 0.191. The van der Waals surface area contributed by atoms with Crippen LogP contribution in [0.2, 0.25) is 10.0 Å². The molecule has 1 aromatic rings. The Bertz CT molecular complexity index is 428. The molecule has 0 bridgehead atoms. The van der Waals surface area contributed by atoms with Crippen molar-refractivity contribution in [3.05, 3.63) is 33.8 Å². The first kappa shape index (κ1) is 13.8. The van der Waals surface area contributed by atoms with Crippen LogP contribution in [-0.2, 0) is 16.1 Å². The highest BCUT2D eigenvalue weighted by Crippen LogP contribution is 2.18. The quantitative estimate of drug-likeness (QED) is 0.829. The molecule has 1 aromatic carbocycles. The molecular weight excluding hydrogens is 265 g/mol. The Balaban J connectivity index is 2.61. The van der Waals surface area contributed by atoms with Gasteiger partial charge in [-0.2, -0.15) is 0 Å². The van der Waals surface area contributed by atoms with E-state index >= 15 is 0 Å². The number of carbonyl (C=O) groups is 2. The number of carboxylic acids is 1. The number of benzene rings is 1. The Hall–Kier alpha value is -1.26. The number of halogens is 2. The van der Waals surface area contributed by atoms with E-state index in [4.69, 9.17) is 28.3 Å². The van der Waals surface area contributed by atoms with Crippen molar-refractivity contribution in [2.75, 3.05) is 0 Å². The van der Waals surface area contributed by atoms with Gasteiger partial charge in [0.2, 0.25) is 5.91 Å². The minimum Gasteiger partial charge on any atom is -0.481 e. The molecule has 17 heavy (non-hydrogen) atoms. The Morgan fingerprint density at radius 1 is 1.29 bits per heavy atom. The monoisotopic (exact) mass is 275 g/mol. The second-order valence-electron chi connectivity index (χ2n) is 3.56. The predicted octanol–water partition coefficient (Wildman–Crippen LogP) is 2.33. The summed E-state index contributed by atoms with van der Waals surface area (Å²) in [5, 5.41) is 12.1. The third-order valence-corrected chi connectivity index (χ3v) is 2.59. The molecule has 0 aliphatic carbocycles. The van der Waals surface area contributed by atoms with Crippen molar-refractivity contribution in [2.45, 2.75) is 13.5 Å². The summed E-state index contributed by atoms with van der Waals surface area (Å²) in [4.78, 5) is 21.9. The molecule has 2 N–H and O–H groups in total. The molecule has 0 aromatic heterocycles. The first-order valence-electron chi connectivity index (χ1n) is 4.85. The second-order valence-corrected chi connectivity index (χ2v) is 4.43. The number of nitrogens with one attached hydrogen (secondary N) is 1. The fraction of sp³-hybridized carbons (Fsp3) is 0.273. The lowest BCUT2D eigenvalue weighted by Crippen LogP contribution is -2.33. The van der Waals surface area contributed by atoms with Gasteiger partial charge in [-0.15, -0.1) is 0 Å². The van der Waals surface area contributed by atoms with Gasteiger partial charge in [0.25, 0.3) is 0 Å². The lowest BCUT2D eigenvalue weighted by atomic mass is 10.1. The van der Waals surface area contributed by atoms with Gasteiger partial charge >= 0.3 is 5.97 Å². The van der Waals surface area contributed by atoms with Crippen molar-refractivity contribution in [1.82, 2.24) is 5.32 Å². The largest absolute Gasteiger partial charge is 0.481 e. The first-order valence-corrected chi connectivity index (χ1v) is 5.61. The Kier molecular flexibility index (Phi) is 4.78. The zero-order valence-electron chi connectivity index (χ0n) is 9.04. The summed E-state index contributed by atoms with van der Waals surface area (Å²) in [6, 6.07) is 4.88. The Morgan fingerprint density at radius 3 is 2.29 bits per heavy atom. The molecule has 0 saturated carbocycles. The SMILES string of the molecule is CC(C(=O)O)C(=O)NCc1cc(Cl)cc(Cl)c1. The van der Waals surface area contributed by atoms with Crippen LogP contribution in [0.4, 0.5) is 0 Å². The van der Waals surface area contributed by atoms with Crippen molar-refractivity contribution in [1.29, 1.82) is 0 Å². The van der Waals surface area contributed by atoms with Crippen LogP contribution in [0.3, 0.4) is 0 Å². The lowest BCUT2D eigenvalue weighted by molar-refractivity contribution is -0.146. The van der Waals surface area contributed by atoms with Crippen LogP contribution in [0.25, 0.3) is 0 Å². The predicted molar refractivity (Wildman–Crippen MR) is 65.1 cm³/mol. The molecule has 0 spiro atoms. The smallest absolute Gasteiger partial charge is 0.315 e. The summed E-state index contributed by atoms with van der Waals surface area (Å²) in [6.45, 7) is 1.51. The van der Waals surface area contributed by atoms with Gasteiger partial charge in [0, 0.05) is 16.6 Å². The van der Waals surface area contributed by atoms with Gasteiger partial charge in [0.05, 0.1) is 0 Å². The zero-order chi connectivity index (χ0) is 13.0. The fourth-order valence-corrected chi connectivity index (χ4v) is 1.74. The third-order valence-electron chi connectivity index (χ3n) is 2.15. The number of amides is 1. The second kappa shape index (κ2) is 5.89. The van der Waals surface area contributed by atoms with Crippen molar-refractivity contribution in [3.8, 4) is 0 Å². The molecular formula is C11H11Cl2NO3. The molecule has 92 valence electrons. The molecule has 1 atom stereocenters. The van der Waals surface area contributed by atoms with E-state index in [0.717, 1.165) is 0 Å². The summed E-state index contributed by atoms with van der Waals surface area (Å²) in [5.74, 6) is -2.79. The number of carbonyl (C=O) groups excluding carboxylic acids is 1. The van der Waals surface area contributed by atoms with Crippen molar-refractivity contribution < 1.29 is 14.7 Å². The summed E-state index contributed by atoms with van der Waals surface area (Å²) in [7, 11) is 0. The van der Waals surface area contributed by atoms with Crippen LogP contribution in [0.15, 0.2) is 18.2 Å². The van der Waals surface area contributed by atoms with Crippen LogP contribution in [0.1, 0.15) is 12.5 Å². The number of rotatable bonds is 4. The zero-order valence-corrected chi connectivity index (χ0v) is 10.5. The molecule has 1 rings (SSSR count). The van der Waals surface area contributed by atoms with E-state index in [0.29, 0.717) is 15.6 Å². The van der Waals surface area contributed by atoms with Gasteiger partial charge in [-0.1, -0.05) is 23.2 Å². The van der Waals surface area contributed by atoms with Crippen LogP contribution in [0, 0.1) is 5.92 Å². The molecule has 0 fully saturated rings. The lowest BCUT2D eigenvalue weighted by Gasteiger charge is -2.08. The average Bonchev–Trinajstić information content (AvgIpc) is 2.23. The maximum absolute atomic E-state index is 11.4. The summed E-state index contributed by atoms with van der Waals surface area (Å²) < 4.78 is 0. The van der Waals surface area contributed by atoms with Crippen molar-refractivity contribution in [3.63, 3.8) is 0 Å². The Labute approximate surface area is 109 Å². The van der Waals surface area contributed by atoms with Crippen LogP contribution < -0.4 is 5.32 Å². The van der Waals surface area contributed by atoms with E-state index in [9.17, 15) is 9.59 Å². The highest BCUT2D eigenvalue weighted by atomic mass is 35.5. The van der Waals surface area contributed by atoms with Crippen LogP contribution in [-0.4, -0.2) is 17.0 Å². The molecule has 6 heteroatoms. The fourth-order valence-electron chi connectivity index (χ4n) is 1.17. The molecule has 0 aliphatic rings. The van der Waals surface area contributed by atoms with Crippen molar-refractivity contribution in [2.24, 2.45) is 5.92 Å². The number of hydrogen-bond acceptors (Lipinski definition) is 2.